The molecule has 0 saturated heterocycles. The Balaban J connectivity index is 1.10. The quantitative estimate of drug-likeness (QED) is 0.174. The molecule has 12 aromatic rings. The lowest BCUT2D eigenvalue weighted by Gasteiger charge is -2.12. The number of benzene rings is 8. The maximum absolute atomic E-state index is 6.83. The number of para-hydroxylation sites is 1. The molecule has 0 aliphatic rings. The van der Waals surface area contributed by atoms with Crippen LogP contribution in [0.4, 0.5) is 0 Å². The second-order valence-corrected chi connectivity index (χ2v) is 15.2. The van der Waals surface area contributed by atoms with Gasteiger partial charge in [-0.3, -0.25) is 0 Å². The van der Waals surface area contributed by atoms with E-state index in [1.807, 2.05) is 60.7 Å². The highest BCUT2D eigenvalue weighted by Gasteiger charge is 2.24. The lowest BCUT2D eigenvalue weighted by atomic mass is 9.96. The van der Waals surface area contributed by atoms with Crippen molar-refractivity contribution in [2.24, 2.45) is 0 Å². The Morgan fingerprint density at radius 1 is 0.386 bits per heavy atom. The summed E-state index contributed by atoms with van der Waals surface area (Å²) in [6, 6.07) is 58.0. The van der Waals surface area contributed by atoms with Crippen LogP contribution in [0.15, 0.2) is 179 Å². The van der Waals surface area contributed by atoms with Crippen LogP contribution in [0, 0.1) is 0 Å². The summed E-state index contributed by atoms with van der Waals surface area (Å²) in [6.45, 7) is 0. The largest absolute Gasteiger partial charge is 0.455 e. The minimum Gasteiger partial charge on any atom is -0.455 e. The van der Waals surface area contributed by atoms with Crippen molar-refractivity contribution in [1.29, 1.82) is 0 Å². The zero-order valence-electron chi connectivity index (χ0n) is 30.2. The second-order valence-electron chi connectivity index (χ2n) is 14.2. The lowest BCUT2D eigenvalue weighted by Crippen LogP contribution is -2.01. The molecular formula is C50H28N4O2S. The Hall–Kier alpha value is -7.48. The number of rotatable bonds is 5. The van der Waals surface area contributed by atoms with Crippen LogP contribution in [-0.2, 0) is 0 Å². The van der Waals surface area contributed by atoms with Crippen LogP contribution < -0.4 is 0 Å². The molecule has 0 spiro atoms. The predicted octanol–water partition coefficient (Wildman–Crippen LogP) is 13.8. The van der Waals surface area contributed by atoms with Crippen LogP contribution in [0.3, 0.4) is 0 Å². The third-order valence-electron chi connectivity index (χ3n) is 10.8. The Morgan fingerprint density at radius 3 is 1.96 bits per heavy atom. The molecule has 266 valence electrons. The van der Waals surface area contributed by atoms with Crippen LogP contribution >= 0.6 is 11.3 Å². The summed E-state index contributed by atoms with van der Waals surface area (Å²) in [4.78, 5) is 20.6. The summed E-state index contributed by atoms with van der Waals surface area (Å²) in [5.41, 5.74) is 8.32. The minimum absolute atomic E-state index is 0.559. The maximum Gasteiger partial charge on any atom is 0.228 e. The van der Waals surface area contributed by atoms with Gasteiger partial charge in [0.05, 0.1) is 5.39 Å². The van der Waals surface area contributed by atoms with Crippen LogP contribution in [0.2, 0.25) is 0 Å². The molecule has 57 heavy (non-hydrogen) atoms. The van der Waals surface area contributed by atoms with E-state index in [4.69, 9.17) is 28.8 Å². The van der Waals surface area contributed by atoms with Gasteiger partial charge in [-0.15, -0.1) is 11.3 Å². The van der Waals surface area contributed by atoms with E-state index >= 15 is 0 Å². The highest BCUT2D eigenvalue weighted by Crippen LogP contribution is 2.46. The van der Waals surface area contributed by atoms with Crippen molar-refractivity contribution in [2.45, 2.75) is 0 Å². The van der Waals surface area contributed by atoms with Crippen LogP contribution in [-0.4, -0.2) is 19.9 Å². The van der Waals surface area contributed by atoms with Crippen molar-refractivity contribution >= 4 is 75.3 Å². The van der Waals surface area contributed by atoms with Gasteiger partial charge in [0.2, 0.25) is 5.89 Å². The lowest BCUT2D eigenvalue weighted by molar-refractivity contribution is 0.623. The fraction of sp³-hybridized carbons (Fsp3) is 0. The topological polar surface area (TPSA) is 77.8 Å². The normalized spacial score (nSPS) is 11.9. The van der Waals surface area contributed by atoms with E-state index in [-0.39, 0.29) is 0 Å². The fourth-order valence-corrected chi connectivity index (χ4v) is 9.26. The van der Waals surface area contributed by atoms with Crippen molar-refractivity contribution in [3.63, 3.8) is 0 Å². The number of aromatic nitrogens is 4. The third kappa shape index (κ3) is 5.10. The van der Waals surface area contributed by atoms with Gasteiger partial charge in [-0.2, -0.15) is 0 Å². The van der Waals surface area contributed by atoms with Crippen LogP contribution in [0.5, 0.6) is 0 Å². The van der Waals surface area contributed by atoms with Crippen LogP contribution in [0.25, 0.3) is 121 Å². The summed E-state index contributed by atoms with van der Waals surface area (Å²) < 4.78 is 16.0. The number of oxazole rings is 1. The molecule has 4 heterocycles. The van der Waals surface area contributed by atoms with Crippen molar-refractivity contribution in [3.8, 4) is 56.7 Å². The molecule has 7 heteroatoms. The SMILES string of the molecule is c1ccc(-c2nc(-c3ccc4ccccc4c3)nc(-c3ccccc3-c3cc4nc(-c5cccc6sc7ccccc7c56)oc4c4c3oc3ccccc34)n2)cc1. The average molecular weight is 749 g/mol. The number of fused-ring (bicyclic) bond motifs is 9. The smallest absolute Gasteiger partial charge is 0.228 e. The Labute approximate surface area is 329 Å². The number of hydrogen-bond donors (Lipinski definition) is 0. The first-order valence-electron chi connectivity index (χ1n) is 18.8. The first-order valence-corrected chi connectivity index (χ1v) is 19.6. The van der Waals surface area contributed by atoms with E-state index in [2.05, 4.69) is 109 Å². The number of hydrogen-bond acceptors (Lipinski definition) is 7. The zero-order chi connectivity index (χ0) is 37.5. The highest BCUT2D eigenvalue weighted by molar-refractivity contribution is 7.25. The summed E-state index contributed by atoms with van der Waals surface area (Å²) >= 11 is 1.78. The first-order chi connectivity index (χ1) is 28.2. The van der Waals surface area contributed by atoms with E-state index < -0.39 is 0 Å². The molecule has 12 rings (SSSR count). The van der Waals surface area contributed by atoms with Gasteiger partial charge in [0.1, 0.15) is 16.7 Å². The molecule has 4 aromatic heterocycles. The van der Waals surface area contributed by atoms with Gasteiger partial charge in [-0.1, -0.05) is 133 Å². The van der Waals surface area contributed by atoms with Gasteiger partial charge in [0, 0.05) is 53.4 Å². The van der Waals surface area contributed by atoms with Gasteiger partial charge in [0.15, 0.2) is 23.1 Å². The fourth-order valence-electron chi connectivity index (χ4n) is 8.12. The zero-order valence-corrected chi connectivity index (χ0v) is 31.0. The predicted molar refractivity (Wildman–Crippen MR) is 232 cm³/mol. The van der Waals surface area contributed by atoms with Crippen molar-refractivity contribution in [2.75, 3.05) is 0 Å². The van der Waals surface area contributed by atoms with Crippen molar-refractivity contribution < 1.29 is 8.83 Å². The van der Waals surface area contributed by atoms with Gasteiger partial charge in [0.25, 0.3) is 0 Å². The minimum atomic E-state index is 0.559. The van der Waals surface area contributed by atoms with Gasteiger partial charge < -0.3 is 8.83 Å². The first kappa shape index (κ1) is 31.8. The molecule has 0 N–H and O–H groups in total. The molecule has 6 nitrogen and oxygen atoms in total. The molecule has 0 aliphatic carbocycles. The number of thiophene rings is 1. The number of nitrogens with zero attached hydrogens (tertiary/aromatic N) is 4. The summed E-state index contributed by atoms with van der Waals surface area (Å²) in [7, 11) is 0. The molecule has 0 aliphatic heterocycles. The molecule has 0 fully saturated rings. The molecule has 0 unspecified atom stereocenters. The Bertz CT molecular complexity index is 3550. The molecule has 0 amide bonds. The van der Waals surface area contributed by atoms with Gasteiger partial charge in [-0.05, 0) is 52.7 Å². The third-order valence-corrected chi connectivity index (χ3v) is 11.9. The van der Waals surface area contributed by atoms with Gasteiger partial charge in [-0.25, -0.2) is 19.9 Å². The Kier molecular flexibility index (Phi) is 7.00. The van der Waals surface area contributed by atoms with Crippen molar-refractivity contribution in [3.05, 3.63) is 170 Å². The van der Waals surface area contributed by atoms with E-state index in [9.17, 15) is 0 Å². The second kappa shape index (κ2) is 12.5. The molecule has 0 bridgehead atoms. The molecule has 0 saturated carbocycles. The van der Waals surface area contributed by atoms with Crippen LogP contribution in [0.1, 0.15) is 0 Å². The highest BCUT2D eigenvalue weighted by atomic mass is 32.1. The Morgan fingerprint density at radius 2 is 1.07 bits per heavy atom. The molecule has 8 aromatic carbocycles. The average Bonchev–Trinajstić information content (AvgIpc) is 4.00. The van der Waals surface area contributed by atoms with Crippen molar-refractivity contribution in [1.82, 2.24) is 19.9 Å². The maximum atomic E-state index is 6.83. The molecule has 0 atom stereocenters. The van der Waals surface area contributed by atoms with E-state index in [1.165, 1.54) is 14.8 Å². The summed E-state index contributed by atoms with van der Waals surface area (Å²) in [6.07, 6.45) is 0. The van der Waals surface area contributed by atoms with E-state index in [0.29, 0.717) is 34.5 Å². The monoisotopic (exact) mass is 748 g/mol. The molecular weight excluding hydrogens is 721 g/mol. The number of furan rings is 1. The van der Waals surface area contributed by atoms with Gasteiger partial charge >= 0.3 is 0 Å². The molecule has 0 radical (unpaired) electrons. The summed E-state index contributed by atoms with van der Waals surface area (Å²) in [5, 5.41) is 6.46. The van der Waals surface area contributed by atoms with E-state index in [0.717, 1.165) is 71.4 Å². The standard InChI is InChI=1S/C50H28N4O2S/c1-2-14-30(15-3-1)47-52-48(32-26-25-29-13-4-5-16-31(29)27-32)54-49(53-47)34-18-7-6-17-33(34)38-28-39-46(44-35-19-8-10-22-40(35)55-45(38)44)56-50(51-39)37-21-12-24-42-43(37)36-20-9-11-23-41(36)57-42/h1-28H. The summed E-state index contributed by atoms with van der Waals surface area (Å²) in [5.74, 6) is 2.32. The van der Waals surface area contributed by atoms with E-state index in [1.54, 1.807) is 11.3 Å².